The van der Waals surface area contributed by atoms with E-state index in [1.165, 1.54) is 44.2 Å². The molecule has 0 aliphatic heterocycles. The molecule has 0 heterocycles. The molecule has 232 valence electrons. The van der Waals surface area contributed by atoms with E-state index in [0.717, 1.165) is 29.0 Å². The summed E-state index contributed by atoms with van der Waals surface area (Å²) < 4.78 is 0. The summed E-state index contributed by atoms with van der Waals surface area (Å²) in [6, 6.07) is 11.8. The summed E-state index contributed by atoms with van der Waals surface area (Å²) in [5, 5.41) is 23.3. The molecular formula is C38H44O6. The monoisotopic (exact) mass is 596 g/mol. The average Bonchev–Trinajstić information content (AvgIpc) is 3.44. The molecule has 0 amide bonds. The zero-order valence-electron chi connectivity index (χ0n) is 26.8. The van der Waals surface area contributed by atoms with E-state index in [-0.39, 0.29) is 23.7 Å². The Kier molecular flexibility index (Phi) is 7.20. The van der Waals surface area contributed by atoms with Gasteiger partial charge in [-0.3, -0.25) is 19.2 Å². The van der Waals surface area contributed by atoms with E-state index < -0.39 is 51.4 Å². The lowest BCUT2D eigenvalue weighted by atomic mass is 9.41. The molecule has 4 aliphatic carbocycles. The van der Waals surface area contributed by atoms with E-state index in [0.29, 0.717) is 17.6 Å². The summed E-state index contributed by atoms with van der Waals surface area (Å²) in [6.45, 7) is 10.6. The fraction of sp³-hybridized carbons (Fsp3) is 0.526. The van der Waals surface area contributed by atoms with Crippen molar-refractivity contribution in [2.24, 2.45) is 34.5 Å². The molecule has 2 fully saturated rings. The number of hydrogen-bond acceptors (Lipinski definition) is 6. The summed E-state index contributed by atoms with van der Waals surface area (Å²) in [5.41, 5.74) is 0.411. The number of Topliss-reactive ketones (excluding diaryl/α,β-unsaturated/α-hetero) is 4. The van der Waals surface area contributed by atoms with Crippen molar-refractivity contribution in [2.75, 3.05) is 0 Å². The SMILES string of the molecule is CC(=O)C1C(=O)[C@@]2(O)C(=O)C3C(=O)c4c(O)ccc(-c5ccc(CC6CCCC6)cc5)c4C[C@@]3(C)C[C@@]2(C)C(C(C)C)=C1C. The molecule has 2 N–H and O–H groups in total. The number of aromatic hydroxyl groups is 1. The van der Waals surface area contributed by atoms with Gasteiger partial charge in [-0.15, -0.1) is 0 Å². The fourth-order valence-corrected chi connectivity index (χ4v) is 9.98. The van der Waals surface area contributed by atoms with Crippen LogP contribution in [-0.4, -0.2) is 38.9 Å². The molecule has 0 spiro atoms. The summed E-state index contributed by atoms with van der Waals surface area (Å²) in [4.78, 5) is 55.6. The normalized spacial score (nSPS) is 32.1. The summed E-state index contributed by atoms with van der Waals surface area (Å²) in [7, 11) is 0. The minimum Gasteiger partial charge on any atom is -0.507 e. The Bertz CT molecular complexity index is 1620. The van der Waals surface area contributed by atoms with E-state index >= 15 is 0 Å². The Morgan fingerprint density at radius 3 is 2.20 bits per heavy atom. The van der Waals surface area contributed by atoms with Crippen molar-refractivity contribution < 1.29 is 29.4 Å². The predicted molar refractivity (Wildman–Crippen MR) is 168 cm³/mol. The van der Waals surface area contributed by atoms with Crippen molar-refractivity contribution in [1.29, 1.82) is 0 Å². The molecule has 0 bridgehead atoms. The van der Waals surface area contributed by atoms with Crippen molar-refractivity contribution in [2.45, 2.75) is 92.1 Å². The highest BCUT2D eigenvalue weighted by Crippen LogP contribution is 2.64. The van der Waals surface area contributed by atoms with Gasteiger partial charge in [0.15, 0.2) is 23.0 Å². The van der Waals surface area contributed by atoms with Gasteiger partial charge in [-0.2, -0.15) is 0 Å². The van der Waals surface area contributed by atoms with Gasteiger partial charge in [-0.25, -0.2) is 0 Å². The van der Waals surface area contributed by atoms with Crippen LogP contribution in [0.4, 0.5) is 0 Å². The molecule has 0 saturated heterocycles. The number of carbonyl (C=O) groups is 4. The van der Waals surface area contributed by atoms with Crippen LogP contribution in [0.25, 0.3) is 11.1 Å². The van der Waals surface area contributed by atoms with Crippen LogP contribution < -0.4 is 0 Å². The molecule has 2 unspecified atom stereocenters. The van der Waals surface area contributed by atoms with Crippen LogP contribution in [0.15, 0.2) is 47.5 Å². The Hall–Kier alpha value is -3.38. The first-order valence-corrected chi connectivity index (χ1v) is 16.2. The molecule has 44 heavy (non-hydrogen) atoms. The maximum absolute atomic E-state index is 14.5. The number of phenols is 1. The number of aliphatic hydroxyl groups is 1. The highest BCUT2D eigenvalue weighted by molar-refractivity contribution is 6.27. The summed E-state index contributed by atoms with van der Waals surface area (Å²) in [6.07, 6.45) is 6.73. The number of rotatable bonds is 5. The zero-order valence-corrected chi connectivity index (χ0v) is 26.8. The van der Waals surface area contributed by atoms with Crippen LogP contribution in [0.2, 0.25) is 0 Å². The fourth-order valence-electron chi connectivity index (χ4n) is 9.98. The van der Waals surface area contributed by atoms with Gasteiger partial charge in [0.05, 0.1) is 11.5 Å². The standard InChI is InChI=1S/C38H44O6/c1-20(2)31-21(3)29(22(4)39)34(42)38(44)35(43)32-33(41)30-27(18-36(32,5)19-37(31,38)6)26(15-16-28(30)40)25-13-11-24(12-14-25)17-23-9-7-8-10-23/h11-16,20,23,29,32,40,44H,7-10,17-19H2,1-6H3/t29?,32?,36-,37-,38+/m0/s1. The van der Waals surface area contributed by atoms with Crippen molar-refractivity contribution >= 4 is 23.1 Å². The molecule has 2 aromatic rings. The van der Waals surface area contributed by atoms with Gasteiger partial charge in [-0.05, 0) is 78.7 Å². The first kappa shape index (κ1) is 30.6. The van der Waals surface area contributed by atoms with E-state index in [2.05, 4.69) is 24.3 Å². The lowest BCUT2D eigenvalue weighted by Gasteiger charge is -2.60. The topological polar surface area (TPSA) is 109 Å². The van der Waals surface area contributed by atoms with Crippen LogP contribution in [0.1, 0.15) is 95.1 Å². The van der Waals surface area contributed by atoms with Gasteiger partial charge in [0, 0.05) is 5.41 Å². The van der Waals surface area contributed by atoms with Gasteiger partial charge >= 0.3 is 0 Å². The smallest absolute Gasteiger partial charge is 0.192 e. The Morgan fingerprint density at radius 2 is 1.61 bits per heavy atom. The number of allylic oxidation sites excluding steroid dienone is 1. The maximum atomic E-state index is 14.5. The van der Waals surface area contributed by atoms with Crippen molar-refractivity contribution in [3.63, 3.8) is 0 Å². The second-order valence-electron chi connectivity index (χ2n) is 14.9. The summed E-state index contributed by atoms with van der Waals surface area (Å²) >= 11 is 0. The number of fused-ring (bicyclic) bond motifs is 3. The molecule has 0 radical (unpaired) electrons. The highest BCUT2D eigenvalue weighted by Gasteiger charge is 2.73. The van der Waals surface area contributed by atoms with E-state index in [4.69, 9.17) is 0 Å². The van der Waals surface area contributed by atoms with E-state index in [1.54, 1.807) is 13.8 Å². The molecule has 2 saturated carbocycles. The quantitative estimate of drug-likeness (QED) is 0.297. The number of hydrogen-bond donors (Lipinski definition) is 2. The summed E-state index contributed by atoms with van der Waals surface area (Å²) in [5.74, 6) is -4.89. The molecule has 6 nitrogen and oxygen atoms in total. The van der Waals surface area contributed by atoms with Crippen molar-refractivity contribution in [3.8, 4) is 16.9 Å². The lowest BCUT2D eigenvalue weighted by Crippen LogP contribution is -2.73. The van der Waals surface area contributed by atoms with Gasteiger partial charge in [0.2, 0.25) is 0 Å². The van der Waals surface area contributed by atoms with Crippen LogP contribution in [0, 0.1) is 34.5 Å². The van der Waals surface area contributed by atoms with E-state index in [9.17, 15) is 29.4 Å². The largest absolute Gasteiger partial charge is 0.507 e. The molecule has 6 heteroatoms. The molecule has 6 rings (SSSR count). The first-order valence-electron chi connectivity index (χ1n) is 16.2. The number of benzene rings is 2. The van der Waals surface area contributed by atoms with Gasteiger partial charge in [0.25, 0.3) is 0 Å². The molecule has 2 aromatic carbocycles. The third kappa shape index (κ3) is 4.16. The third-order valence-electron chi connectivity index (χ3n) is 11.6. The van der Waals surface area contributed by atoms with Gasteiger partial charge in [-0.1, -0.05) is 94.9 Å². The van der Waals surface area contributed by atoms with Crippen LogP contribution >= 0.6 is 0 Å². The molecule has 4 aliphatic rings. The number of carbonyl (C=O) groups excluding carboxylic acids is 4. The molecule has 0 aromatic heterocycles. The Labute approximate surface area is 259 Å². The van der Waals surface area contributed by atoms with Crippen LogP contribution in [0.3, 0.4) is 0 Å². The van der Waals surface area contributed by atoms with Crippen molar-refractivity contribution in [3.05, 3.63) is 64.2 Å². The number of phenolic OH excluding ortho intramolecular Hbond substituents is 1. The highest BCUT2D eigenvalue weighted by atomic mass is 16.3. The Morgan fingerprint density at radius 1 is 0.977 bits per heavy atom. The minimum atomic E-state index is -2.53. The maximum Gasteiger partial charge on any atom is 0.192 e. The first-order chi connectivity index (χ1) is 20.7. The zero-order chi connectivity index (χ0) is 31.9. The third-order valence-corrected chi connectivity index (χ3v) is 11.6. The Balaban J connectivity index is 1.47. The average molecular weight is 597 g/mol. The number of ketones is 4. The van der Waals surface area contributed by atoms with Crippen molar-refractivity contribution in [1.82, 2.24) is 0 Å². The van der Waals surface area contributed by atoms with Crippen LogP contribution in [-0.2, 0) is 27.2 Å². The van der Waals surface area contributed by atoms with Gasteiger partial charge in [0.1, 0.15) is 17.5 Å². The molecule has 5 atom stereocenters. The lowest BCUT2D eigenvalue weighted by molar-refractivity contribution is -0.183. The minimum absolute atomic E-state index is 0.0859. The van der Waals surface area contributed by atoms with E-state index in [1.807, 2.05) is 26.8 Å². The van der Waals surface area contributed by atoms with Crippen LogP contribution in [0.5, 0.6) is 5.75 Å². The van der Waals surface area contributed by atoms with Gasteiger partial charge < -0.3 is 10.2 Å². The second kappa shape index (κ2) is 10.3. The second-order valence-corrected chi connectivity index (χ2v) is 14.9. The molecular weight excluding hydrogens is 552 g/mol. The predicted octanol–water partition coefficient (Wildman–Crippen LogP) is 6.62.